The van der Waals surface area contributed by atoms with E-state index in [4.69, 9.17) is 0 Å². The van der Waals surface area contributed by atoms with Crippen molar-refractivity contribution in [3.05, 3.63) is 0 Å². The fraction of sp³-hybridized carbons (Fsp3) is 1.00. The summed E-state index contributed by atoms with van der Waals surface area (Å²) in [6.45, 7) is 0. The molecule has 0 amide bonds. The molecular weight excluding hydrogens is 201 g/mol. The van der Waals surface area contributed by atoms with E-state index in [1.165, 1.54) is 0 Å². The van der Waals surface area contributed by atoms with Gasteiger partial charge in [0, 0.05) is 10.1 Å². The molecule has 1 unspecified atom stereocenters. The molecule has 0 aromatic heterocycles. The first-order chi connectivity index (χ1) is 6.05. The van der Waals surface area contributed by atoms with Gasteiger partial charge in [-0.25, -0.2) is 0 Å². The molecule has 0 heterocycles. The van der Waals surface area contributed by atoms with Crippen LogP contribution >= 0.6 is 0 Å². The standard InChI is InChI=1S/C8H12F3OS/c9-8(10,11)7(13-12)6-4-2-1-3-5-6/h6-7H,1-5H2/q+1. The quantitative estimate of drug-likeness (QED) is 0.644. The molecular formula is C8H12F3OS+. The van der Waals surface area contributed by atoms with E-state index in [1.54, 1.807) is 0 Å². The van der Waals surface area contributed by atoms with E-state index in [9.17, 15) is 17.4 Å². The molecule has 1 nitrogen and oxygen atoms in total. The van der Waals surface area contributed by atoms with Crippen molar-refractivity contribution in [2.45, 2.75) is 43.5 Å². The first-order valence-electron chi connectivity index (χ1n) is 4.41. The van der Waals surface area contributed by atoms with Crippen LogP contribution in [0.3, 0.4) is 0 Å². The molecule has 1 fully saturated rings. The maximum absolute atomic E-state index is 12.3. The monoisotopic (exact) mass is 213 g/mol. The summed E-state index contributed by atoms with van der Waals surface area (Å²) < 4.78 is 47.2. The van der Waals surface area contributed by atoms with Crippen LogP contribution in [0.4, 0.5) is 13.2 Å². The van der Waals surface area contributed by atoms with E-state index in [2.05, 4.69) is 0 Å². The third kappa shape index (κ3) is 2.90. The normalized spacial score (nSPS) is 22.7. The van der Waals surface area contributed by atoms with Gasteiger partial charge in [0.05, 0.1) is 0 Å². The largest absolute Gasteiger partial charge is 0.472 e. The Morgan fingerprint density at radius 2 is 1.69 bits per heavy atom. The van der Waals surface area contributed by atoms with Crippen molar-refractivity contribution in [3.63, 3.8) is 0 Å². The smallest absolute Gasteiger partial charge is 0.165 e. The van der Waals surface area contributed by atoms with Gasteiger partial charge in [0.2, 0.25) is 0 Å². The van der Waals surface area contributed by atoms with Gasteiger partial charge in [-0.2, -0.15) is 13.2 Å². The highest BCUT2D eigenvalue weighted by Crippen LogP contribution is 2.35. The number of rotatable bonds is 2. The van der Waals surface area contributed by atoms with Gasteiger partial charge in [0.1, 0.15) is 0 Å². The van der Waals surface area contributed by atoms with Crippen molar-refractivity contribution >= 4 is 11.7 Å². The van der Waals surface area contributed by atoms with E-state index in [1.807, 2.05) is 0 Å². The predicted molar refractivity (Wildman–Crippen MR) is 44.5 cm³/mol. The molecule has 76 valence electrons. The van der Waals surface area contributed by atoms with E-state index >= 15 is 0 Å². The van der Waals surface area contributed by atoms with Gasteiger partial charge in [0.25, 0.3) is 0 Å². The van der Waals surface area contributed by atoms with Crippen LogP contribution in [0.25, 0.3) is 0 Å². The average Bonchev–Trinajstić information content (AvgIpc) is 2.05. The Kier molecular flexibility index (Phi) is 3.64. The zero-order chi connectivity index (χ0) is 9.90. The van der Waals surface area contributed by atoms with E-state index in [0.29, 0.717) is 12.8 Å². The molecule has 0 saturated heterocycles. The molecule has 0 spiro atoms. The Hall–Kier alpha value is -0.190. The van der Waals surface area contributed by atoms with Crippen LogP contribution < -0.4 is 0 Å². The van der Waals surface area contributed by atoms with Crippen molar-refractivity contribution in [1.29, 1.82) is 0 Å². The van der Waals surface area contributed by atoms with Crippen LogP contribution in [0.2, 0.25) is 0 Å². The van der Waals surface area contributed by atoms with Crippen LogP contribution in [-0.4, -0.2) is 11.4 Å². The summed E-state index contributed by atoms with van der Waals surface area (Å²) in [7, 11) is 0. The molecule has 1 saturated carbocycles. The van der Waals surface area contributed by atoms with Crippen LogP contribution in [0, 0.1) is 5.92 Å². The summed E-state index contributed by atoms with van der Waals surface area (Å²) in [5, 5.41) is -1.69. The molecule has 13 heavy (non-hydrogen) atoms. The molecule has 0 aromatic rings. The maximum Gasteiger partial charge on any atom is 0.472 e. The minimum absolute atomic E-state index is 0.292. The van der Waals surface area contributed by atoms with Crippen LogP contribution in [0.15, 0.2) is 0 Å². The van der Waals surface area contributed by atoms with Crippen molar-refractivity contribution in [1.82, 2.24) is 0 Å². The first-order valence-corrected chi connectivity index (χ1v) is 5.21. The molecule has 1 aliphatic carbocycles. The lowest BCUT2D eigenvalue weighted by Gasteiger charge is -2.21. The zero-order valence-corrected chi connectivity index (χ0v) is 7.96. The Morgan fingerprint density at radius 3 is 2.08 bits per heavy atom. The summed E-state index contributed by atoms with van der Waals surface area (Å²) in [5.41, 5.74) is 0. The number of alkyl halides is 3. The molecule has 0 aliphatic heterocycles. The molecule has 0 aromatic carbocycles. The van der Waals surface area contributed by atoms with Gasteiger partial charge in [-0.05, 0) is 12.8 Å². The molecule has 1 atom stereocenters. The minimum atomic E-state index is -4.32. The van der Waals surface area contributed by atoms with Gasteiger partial charge >= 0.3 is 23.1 Å². The SMILES string of the molecule is O=[S+]C(C1CCCCC1)C(F)(F)F. The number of hydrogen-bond acceptors (Lipinski definition) is 1. The highest BCUT2D eigenvalue weighted by atomic mass is 32.1. The average molecular weight is 213 g/mol. The second kappa shape index (κ2) is 4.35. The molecule has 0 N–H and O–H groups in total. The Balaban J connectivity index is 2.59. The van der Waals surface area contributed by atoms with E-state index < -0.39 is 17.3 Å². The minimum Gasteiger partial charge on any atom is -0.165 e. The summed E-state index contributed by atoms with van der Waals surface area (Å²) >= 11 is -0.292. The van der Waals surface area contributed by atoms with Gasteiger partial charge < -0.3 is 0 Å². The molecule has 1 aliphatic rings. The summed E-state index contributed by atoms with van der Waals surface area (Å²) in [6.07, 6.45) is -0.548. The summed E-state index contributed by atoms with van der Waals surface area (Å²) in [5.74, 6) is -0.448. The van der Waals surface area contributed by atoms with Gasteiger partial charge in [-0.3, -0.25) is 0 Å². The first kappa shape index (κ1) is 10.9. The molecule has 5 heteroatoms. The predicted octanol–water partition coefficient (Wildman–Crippen LogP) is 2.93. The summed E-state index contributed by atoms with van der Waals surface area (Å²) in [4.78, 5) is 0. The third-order valence-corrected chi connectivity index (χ3v) is 3.36. The highest BCUT2D eigenvalue weighted by molar-refractivity contribution is 7.66. The molecule has 1 rings (SSSR count). The Morgan fingerprint density at radius 1 is 1.15 bits per heavy atom. The van der Waals surface area contributed by atoms with Crippen LogP contribution in [0.1, 0.15) is 32.1 Å². The summed E-state index contributed by atoms with van der Waals surface area (Å²) in [6, 6.07) is 0. The second-order valence-electron chi connectivity index (χ2n) is 3.46. The number of hydrogen-bond donors (Lipinski definition) is 0. The number of halogens is 3. The lowest BCUT2D eigenvalue weighted by atomic mass is 9.86. The zero-order valence-electron chi connectivity index (χ0n) is 7.14. The van der Waals surface area contributed by atoms with Gasteiger partial charge in [-0.1, -0.05) is 19.3 Å². The van der Waals surface area contributed by atoms with Crippen LogP contribution in [0.5, 0.6) is 0 Å². The van der Waals surface area contributed by atoms with E-state index in [-0.39, 0.29) is 11.7 Å². The Bertz CT molecular complexity index is 175. The van der Waals surface area contributed by atoms with Gasteiger partial charge in [-0.15, -0.1) is 0 Å². The topological polar surface area (TPSA) is 17.1 Å². The van der Waals surface area contributed by atoms with Crippen molar-refractivity contribution < 1.29 is 17.4 Å². The molecule has 0 bridgehead atoms. The molecule has 0 radical (unpaired) electrons. The Labute approximate surface area is 79.2 Å². The van der Waals surface area contributed by atoms with Crippen LogP contribution in [-0.2, 0) is 15.9 Å². The van der Waals surface area contributed by atoms with Crippen molar-refractivity contribution in [3.8, 4) is 0 Å². The fourth-order valence-corrected chi connectivity index (χ4v) is 2.38. The lowest BCUT2D eigenvalue weighted by molar-refractivity contribution is -0.140. The van der Waals surface area contributed by atoms with Gasteiger partial charge in [0.15, 0.2) is 0 Å². The maximum atomic E-state index is 12.3. The third-order valence-electron chi connectivity index (χ3n) is 2.50. The fourth-order valence-electron chi connectivity index (χ4n) is 1.84. The van der Waals surface area contributed by atoms with E-state index in [0.717, 1.165) is 19.3 Å². The highest BCUT2D eigenvalue weighted by Gasteiger charge is 2.55. The van der Waals surface area contributed by atoms with Crippen molar-refractivity contribution in [2.24, 2.45) is 5.92 Å². The second-order valence-corrected chi connectivity index (χ2v) is 4.16. The van der Waals surface area contributed by atoms with Crippen molar-refractivity contribution in [2.75, 3.05) is 0 Å². The lowest BCUT2D eigenvalue weighted by Crippen LogP contribution is -2.36.